The van der Waals surface area contributed by atoms with E-state index in [1.807, 2.05) is 17.5 Å². The van der Waals surface area contributed by atoms with Gasteiger partial charge in [0.25, 0.3) is 0 Å². The average Bonchev–Trinajstić information content (AvgIpc) is 2.62. The van der Waals surface area contributed by atoms with Crippen molar-refractivity contribution in [1.29, 1.82) is 0 Å². The van der Waals surface area contributed by atoms with Gasteiger partial charge in [0, 0.05) is 0 Å². The van der Waals surface area contributed by atoms with Crippen molar-refractivity contribution in [3.8, 4) is 18.1 Å². The lowest BCUT2D eigenvalue weighted by Gasteiger charge is -2.02. The van der Waals surface area contributed by atoms with Gasteiger partial charge in [-0.25, -0.2) is 0 Å². The largest absolute Gasteiger partial charge is 0.479 e. The van der Waals surface area contributed by atoms with Gasteiger partial charge in [0.2, 0.25) is 0 Å². The number of hydrogen-bond donors (Lipinski definition) is 0. The van der Waals surface area contributed by atoms with Gasteiger partial charge in [0.1, 0.15) is 12.4 Å². The quantitative estimate of drug-likeness (QED) is 0.658. The highest BCUT2D eigenvalue weighted by Crippen LogP contribution is 2.30. The fourth-order valence-electron chi connectivity index (χ4n) is 1.20. The molecule has 0 aliphatic carbocycles. The van der Waals surface area contributed by atoms with Crippen LogP contribution < -0.4 is 4.74 Å². The van der Waals surface area contributed by atoms with E-state index in [1.54, 1.807) is 11.3 Å². The van der Waals surface area contributed by atoms with Crippen LogP contribution in [0.5, 0.6) is 5.75 Å². The van der Waals surface area contributed by atoms with Gasteiger partial charge >= 0.3 is 0 Å². The van der Waals surface area contributed by atoms with Gasteiger partial charge in [-0.2, -0.15) is 0 Å². The molecular formula is C11H8OS. The summed E-state index contributed by atoms with van der Waals surface area (Å²) in [5.74, 6) is 3.34. The highest BCUT2D eigenvalue weighted by atomic mass is 32.1. The fraction of sp³-hybridized carbons (Fsp3) is 0.0909. The van der Waals surface area contributed by atoms with Crippen LogP contribution in [0.2, 0.25) is 0 Å². The van der Waals surface area contributed by atoms with Gasteiger partial charge < -0.3 is 4.74 Å². The number of hydrogen-bond acceptors (Lipinski definition) is 2. The van der Waals surface area contributed by atoms with Crippen LogP contribution in [-0.4, -0.2) is 6.61 Å². The van der Waals surface area contributed by atoms with E-state index in [4.69, 9.17) is 11.2 Å². The molecule has 2 aromatic rings. The van der Waals surface area contributed by atoms with Gasteiger partial charge in [-0.05, 0) is 22.9 Å². The van der Waals surface area contributed by atoms with Crippen LogP contribution in [0, 0.1) is 12.3 Å². The third-order valence-corrected chi connectivity index (χ3v) is 2.70. The first-order valence-electron chi connectivity index (χ1n) is 3.94. The molecule has 0 aliphatic heterocycles. The van der Waals surface area contributed by atoms with E-state index >= 15 is 0 Å². The third kappa shape index (κ3) is 1.51. The number of rotatable bonds is 2. The topological polar surface area (TPSA) is 9.23 Å². The molecule has 0 radical (unpaired) electrons. The lowest BCUT2D eigenvalue weighted by Crippen LogP contribution is -1.92. The molecule has 0 aliphatic rings. The fourth-order valence-corrected chi connectivity index (χ4v) is 2.06. The standard InChI is InChI=1S/C11H8OS/c1-2-7-12-10-5-3-4-9-6-8-13-11(9)10/h1,3-6,8H,7H2. The maximum absolute atomic E-state index is 5.40. The second-order valence-electron chi connectivity index (χ2n) is 2.59. The van der Waals surface area contributed by atoms with E-state index in [9.17, 15) is 0 Å². The van der Waals surface area contributed by atoms with E-state index in [-0.39, 0.29) is 0 Å². The number of thiophene rings is 1. The number of ether oxygens (including phenoxy) is 1. The molecule has 0 fully saturated rings. The summed E-state index contributed by atoms with van der Waals surface area (Å²) in [7, 11) is 0. The Kier molecular flexibility index (Phi) is 2.20. The lowest BCUT2D eigenvalue weighted by molar-refractivity contribution is 0.375. The summed E-state index contributed by atoms with van der Waals surface area (Å²) >= 11 is 1.67. The van der Waals surface area contributed by atoms with E-state index in [1.165, 1.54) is 5.39 Å². The van der Waals surface area contributed by atoms with Crippen molar-refractivity contribution in [2.45, 2.75) is 0 Å². The zero-order chi connectivity index (χ0) is 9.10. The van der Waals surface area contributed by atoms with Crippen molar-refractivity contribution in [2.24, 2.45) is 0 Å². The minimum Gasteiger partial charge on any atom is -0.479 e. The normalized spacial score (nSPS) is 9.77. The molecule has 2 heteroatoms. The zero-order valence-electron chi connectivity index (χ0n) is 6.99. The van der Waals surface area contributed by atoms with Crippen LogP contribution >= 0.6 is 11.3 Å². The average molecular weight is 188 g/mol. The van der Waals surface area contributed by atoms with Crippen LogP contribution in [0.3, 0.4) is 0 Å². The van der Waals surface area contributed by atoms with Crippen molar-refractivity contribution in [3.05, 3.63) is 29.6 Å². The maximum atomic E-state index is 5.40. The Morgan fingerprint density at radius 3 is 3.15 bits per heavy atom. The predicted octanol–water partition coefficient (Wildman–Crippen LogP) is 2.91. The minimum atomic E-state index is 0.330. The number of benzene rings is 1. The first kappa shape index (κ1) is 8.15. The molecule has 0 saturated carbocycles. The monoisotopic (exact) mass is 188 g/mol. The summed E-state index contributed by atoms with van der Waals surface area (Å²) in [6.07, 6.45) is 5.12. The van der Waals surface area contributed by atoms with Crippen molar-refractivity contribution in [1.82, 2.24) is 0 Å². The predicted molar refractivity (Wildman–Crippen MR) is 56.2 cm³/mol. The van der Waals surface area contributed by atoms with Gasteiger partial charge in [0.15, 0.2) is 0 Å². The zero-order valence-corrected chi connectivity index (χ0v) is 7.80. The first-order chi connectivity index (χ1) is 6.42. The second kappa shape index (κ2) is 3.51. The molecule has 1 aromatic carbocycles. The smallest absolute Gasteiger partial charge is 0.148 e. The Bertz CT molecular complexity index is 450. The minimum absolute atomic E-state index is 0.330. The Hall–Kier alpha value is -1.46. The van der Waals surface area contributed by atoms with E-state index < -0.39 is 0 Å². The molecular weight excluding hydrogens is 180 g/mol. The van der Waals surface area contributed by atoms with Gasteiger partial charge in [-0.1, -0.05) is 18.1 Å². The van der Waals surface area contributed by atoms with Gasteiger partial charge in [0.05, 0.1) is 4.70 Å². The molecule has 0 saturated heterocycles. The summed E-state index contributed by atoms with van der Waals surface area (Å²) in [6, 6.07) is 8.05. The van der Waals surface area contributed by atoms with Crippen LogP contribution in [0.4, 0.5) is 0 Å². The molecule has 0 spiro atoms. The Morgan fingerprint density at radius 1 is 1.38 bits per heavy atom. The summed E-state index contributed by atoms with van der Waals surface area (Å²) < 4.78 is 6.57. The number of fused-ring (bicyclic) bond motifs is 1. The highest BCUT2D eigenvalue weighted by molar-refractivity contribution is 7.17. The molecule has 1 nitrogen and oxygen atoms in total. The van der Waals surface area contributed by atoms with E-state index in [0.29, 0.717) is 6.61 Å². The SMILES string of the molecule is C#CCOc1cccc2ccsc12. The van der Waals surface area contributed by atoms with Crippen molar-refractivity contribution in [2.75, 3.05) is 6.61 Å². The van der Waals surface area contributed by atoms with Crippen molar-refractivity contribution < 1.29 is 4.74 Å². The first-order valence-corrected chi connectivity index (χ1v) is 4.82. The van der Waals surface area contributed by atoms with Crippen molar-refractivity contribution >= 4 is 21.4 Å². The third-order valence-electron chi connectivity index (χ3n) is 1.75. The molecule has 0 N–H and O–H groups in total. The molecule has 0 unspecified atom stereocenters. The van der Waals surface area contributed by atoms with Crippen LogP contribution in [0.25, 0.3) is 10.1 Å². The molecule has 0 amide bonds. The summed E-state index contributed by atoms with van der Waals surface area (Å²) in [5.41, 5.74) is 0. The molecule has 64 valence electrons. The van der Waals surface area contributed by atoms with Gasteiger partial charge in [-0.3, -0.25) is 0 Å². The second-order valence-corrected chi connectivity index (χ2v) is 3.50. The Morgan fingerprint density at radius 2 is 2.31 bits per heavy atom. The Balaban J connectivity index is 2.44. The molecule has 0 bridgehead atoms. The summed E-state index contributed by atoms with van der Waals surface area (Å²) in [5, 5.41) is 3.26. The molecule has 1 heterocycles. The lowest BCUT2D eigenvalue weighted by atomic mass is 10.2. The molecule has 1 aromatic heterocycles. The van der Waals surface area contributed by atoms with E-state index in [0.717, 1.165) is 10.4 Å². The molecule has 13 heavy (non-hydrogen) atoms. The molecule has 0 atom stereocenters. The highest BCUT2D eigenvalue weighted by Gasteiger charge is 2.01. The molecule has 2 rings (SSSR count). The Labute approximate surface area is 81.0 Å². The summed E-state index contributed by atoms with van der Waals surface area (Å²) in [4.78, 5) is 0. The maximum Gasteiger partial charge on any atom is 0.148 e. The van der Waals surface area contributed by atoms with Crippen molar-refractivity contribution in [3.63, 3.8) is 0 Å². The van der Waals surface area contributed by atoms with Crippen LogP contribution in [-0.2, 0) is 0 Å². The van der Waals surface area contributed by atoms with Crippen LogP contribution in [0.15, 0.2) is 29.6 Å². The number of terminal acetylenes is 1. The van der Waals surface area contributed by atoms with Gasteiger partial charge in [-0.15, -0.1) is 17.8 Å². The van der Waals surface area contributed by atoms with E-state index in [2.05, 4.69) is 18.1 Å². The van der Waals surface area contributed by atoms with Crippen LogP contribution in [0.1, 0.15) is 0 Å². The summed E-state index contributed by atoms with van der Waals surface area (Å²) in [6.45, 7) is 0.330.